The van der Waals surface area contributed by atoms with Gasteiger partial charge in [-0.25, -0.2) is 4.79 Å². The molecule has 108 valence electrons. The maximum atomic E-state index is 12.4. The number of carbonyl (C=O) groups is 2. The molecule has 0 aromatic rings. The molecule has 2 aliphatic rings. The van der Waals surface area contributed by atoms with Crippen molar-refractivity contribution in [1.29, 1.82) is 0 Å². The monoisotopic (exact) mass is 268 g/mol. The minimum Gasteiger partial charge on any atom is -0.481 e. The number of hydrogen-bond donors (Lipinski definition) is 1. The fourth-order valence-corrected chi connectivity index (χ4v) is 3.16. The van der Waals surface area contributed by atoms with Gasteiger partial charge in [-0.3, -0.25) is 4.79 Å². The summed E-state index contributed by atoms with van der Waals surface area (Å²) >= 11 is 0. The van der Waals surface area contributed by atoms with Gasteiger partial charge < -0.3 is 14.9 Å². The summed E-state index contributed by atoms with van der Waals surface area (Å²) in [5.41, 5.74) is 0. The largest absolute Gasteiger partial charge is 0.481 e. The number of carbonyl (C=O) groups excluding carboxylic acids is 1. The number of rotatable bonds is 2. The first-order chi connectivity index (χ1) is 9.09. The van der Waals surface area contributed by atoms with Crippen molar-refractivity contribution in [3.05, 3.63) is 0 Å². The number of amides is 2. The SMILES string of the molecule is CN(C(=O)N1CCC(C(=O)O)C1)C1CCCCCC1. The fraction of sp³-hybridized carbons (Fsp3) is 0.857. The fourth-order valence-electron chi connectivity index (χ4n) is 3.16. The van der Waals surface area contributed by atoms with Crippen LogP contribution in [0.4, 0.5) is 4.79 Å². The third kappa shape index (κ3) is 3.39. The van der Waals surface area contributed by atoms with Gasteiger partial charge in [0.2, 0.25) is 0 Å². The molecule has 2 amide bonds. The van der Waals surface area contributed by atoms with Gasteiger partial charge in [0.05, 0.1) is 5.92 Å². The number of hydrogen-bond acceptors (Lipinski definition) is 2. The Kier molecular flexibility index (Phi) is 4.66. The smallest absolute Gasteiger partial charge is 0.320 e. The first-order valence-electron chi connectivity index (χ1n) is 7.34. The average Bonchev–Trinajstić information content (AvgIpc) is 2.73. The molecule has 0 bridgehead atoms. The number of carboxylic acids is 1. The number of likely N-dealkylation sites (tertiary alicyclic amines) is 1. The van der Waals surface area contributed by atoms with Crippen molar-refractivity contribution in [3.8, 4) is 0 Å². The van der Waals surface area contributed by atoms with Gasteiger partial charge in [0.15, 0.2) is 0 Å². The molecule has 1 N–H and O–H groups in total. The van der Waals surface area contributed by atoms with Gasteiger partial charge >= 0.3 is 12.0 Å². The summed E-state index contributed by atoms with van der Waals surface area (Å²) in [5.74, 6) is -1.17. The third-order valence-electron chi connectivity index (χ3n) is 4.48. The zero-order valence-corrected chi connectivity index (χ0v) is 11.7. The van der Waals surface area contributed by atoms with E-state index >= 15 is 0 Å². The van der Waals surface area contributed by atoms with Crippen LogP contribution >= 0.6 is 0 Å². The molecule has 0 aromatic carbocycles. The Labute approximate surface area is 114 Å². The Morgan fingerprint density at radius 2 is 1.74 bits per heavy atom. The molecule has 1 heterocycles. The van der Waals surface area contributed by atoms with E-state index in [1.807, 2.05) is 11.9 Å². The topological polar surface area (TPSA) is 60.9 Å². The molecule has 1 aliphatic heterocycles. The third-order valence-corrected chi connectivity index (χ3v) is 4.48. The van der Waals surface area contributed by atoms with Crippen molar-refractivity contribution in [2.75, 3.05) is 20.1 Å². The summed E-state index contributed by atoms with van der Waals surface area (Å²) in [6, 6.07) is 0.342. The van der Waals surface area contributed by atoms with Gasteiger partial charge in [-0.15, -0.1) is 0 Å². The van der Waals surface area contributed by atoms with Crippen molar-refractivity contribution in [2.24, 2.45) is 5.92 Å². The standard InChI is InChI=1S/C14H24N2O3/c1-15(12-6-4-2-3-5-7-12)14(19)16-9-8-11(10-16)13(17)18/h11-12H,2-10H2,1H3,(H,17,18). The molecule has 0 aromatic heterocycles. The Balaban J connectivity index is 1.90. The van der Waals surface area contributed by atoms with E-state index in [0.29, 0.717) is 25.6 Å². The normalized spacial score (nSPS) is 25.1. The van der Waals surface area contributed by atoms with E-state index in [0.717, 1.165) is 12.8 Å². The molecule has 19 heavy (non-hydrogen) atoms. The molecular formula is C14H24N2O3. The maximum absolute atomic E-state index is 12.4. The second-order valence-electron chi connectivity index (χ2n) is 5.81. The lowest BCUT2D eigenvalue weighted by molar-refractivity contribution is -0.141. The van der Waals surface area contributed by atoms with Crippen molar-refractivity contribution in [1.82, 2.24) is 9.80 Å². The van der Waals surface area contributed by atoms with E-state index in [4.69, 9.17) is 5.11 Å². The van der Waals surface area contributed by atoms with Crippen molar-refractivity contribution >= 4 is 12.0 Å². The molecule has 5 heteroatoms. The lowest BCUT2D eigenvalue weighted by atomic mass is 10.1. The zero-order valence-electron chi connectivity index (χ0n) is 11.7. The van der Waals surface area contributed by atoms with Crippen LogP contribution in [0, 0.1) is 5.92 Å². The molecule has 1 saturated heterocycles. The lowest BCUT2D eigenvalue weighted by Gasteiger charge is -2.31. The lowest BCUT2D eigenvalue weighted by Crippen LogP contribution is -2.45. The number of carboxylic acid groups (broad SMARTS) is 1. The number of nitrogens with zero attached hydrogens (tertiary/aromatic N) is 2. The van der Waals surface area contributed by atoms with E-state index in [1.165, 1.54) is 25.7 Å². The van der Waals surface area contributed by atoms with Crippen molar-refractivity contribution in [2.45, 2.75) is 51.0 Å². The molecule has 5 nitrogen and oxygen atoms in total. The van der Waals surface area contributed by atoms with Crippen LogP contribution in [-0.2, 0) is 4.79 Å². The minimum atomic E-state index is -0.785. The van der Waals surface area contributed by atoms with Gasteiger partial charge in [-0.1, -0.05) is 25.7 Å². The van der Waals surface area contributed by atoms with Crippen LogP contribution in [0.2, 0.25) is 0 Å². The second kappa shape index (κ2) is 6.26. The van der Waals surface area contributed by atoms with Gasteiger partial charge in [-0.2, -0.15) is 0 Å². The van der Waals surface area contributed by atoms with Crippen LogP contribution in [0.25, 0.3) is 0 Å². The highest BCUT2D eigenvalue weighted by molar-refractivity contribution is 5.77. The summed E-state index contributed by atoms with van der Waals surface area (Å²) in [5, 5.41) is 8.99. The van der Waals surface area contributed by atoms with E-state index in [-0.39, 0.29) is 11.9 Å². The Morgan fingerprint density at radius 1 is 1.11 bits per heavy atom. The minimum absolute atomic E-state index is 0.00986. The average molecular weight is 268 g/mol. The van der Waals surface area contributed by atoms with Crippen molar-refractivity contribution in [3.63, 3.8) is 0 Å². The van der Waals surface area contributed by atoms with Crippen LogP contribution in [0.15, 0.2) is 0 Å². The molecule has 1 unspecified atom stereocenters. The molecule has 2 rings (SSSR count). The Hall–Kier alpha value is -1.26. The summed E-state index contributed by atoms with van der Waals surface area (Å²) in [6.45, 7) is 0.943. The first-order valence-corrected chi connectivity index (χ1v) is 7.34. The molecule has 2 fully saturated rings. The summed E-state index contributed by atoms with van der Waals surface area (Å²) in [4.78, 5) is 26.9. The maximum Gasteiger partial charge on any atom is 0.320 e. The number of aliphatic carboxylic acids is 1. The van der Waals surface area contributed by atoms with E-state index in [1.54, 1.807) is 4.90 Å². The van der Waals surface area contributed by atoms with Crippen LogP contribution in [0.1, 0.15) is 44.9 Å². The molecule has 0 radical (unpaired) electrons. The summed E-state index contributed by atoms with van der Waals surface area (Å²) in [6.07, 6.45) is 7.67. The van der Waals surface area contributed by atoms with Crippen LogP contribution < -0.4 is 0 Å². The first kappa shape index (κ1) is 14.2. The summed E-state index contributed by atoms with van der Waals surface area (Å²) in [7, 11) is 1.87. The highest BCUT2D eigenvalue weighted by atomic mass is 16.4. The highest BCUT2D eigenvalue weighted by Crippen LogP contribution is 2.24. The van der Waals surface area contributed by atoms with E-state index in [2.05, 4.69) is 0 Å². The van der Waals surface area contributed by atoms with E-state index in [9.17, 15) is 9.59 Å². The second-order valence-corrected chi connectivity index (χ2v) is 5.81. The summed E-state index contributed by atoms with van der Waals surface area (Å²) < 4.78 is 0. The van der Waals surface area contributed by atoms with Gasteiger partial charge in [0.1, 0.15) is 0 Å². The van der Waals surface area contributed by atoms with Gasteiger partial charge in [0.25, 0.3) is 0 Å². The molecule has 1 saturated carbocycles. The Morgan fingerprint density at radius 3 is 2.26 bits per heavy atom. The molecule has 1 aliphatic carbocycles. The van der Waals surface area contributed by atoms with Gasteiger partial charge in [-0.05, 0) is 19.3 Å². The molecule has 1 atom stereocenters. The zero-order chi connectivity index (χ0) is 13.8. The highest BCUT2D eigenvalue weighted by Gasteiger charge is 2.33. The van der Waals surface area contributed by atoms with Gasteiger partial charge in [0, 0.05) is 26.2 Å². The van der Waals surface area contributed by atoms with E-state index < -0.39 is 5.97 Å². The van der Waals surface area contributed by atoms with Crippen LogP contribution in [0.3, 0.4) is 0 Å². The number of urea groups is 1. The predicted molar refractivity (Wildman–Crippen MR) is 72.0 cm³/mol. The Bertz CT molecular complexity index is 338. The quantitative estimate of drug-likeness (QED) is 0.781. The molecular weight excluding hydrogens is 244 g/mol. The van der Waals surface area contributed by atoms with Crippen molar-refractivity contribution < 1.29 is 14.7 Å². The predicted octanol–water partition coefficient (Wildman–Crippen LogP) is 2.17. The molecule has 0 spiro atoms. The van der Waals surface area contributed by atoms with Crippen LogP contribution in [-0.4, -0.2) is 53.1 Å². The van der Waals surface area contributed by atoms with Crippen LogP contribution in [0.5, 0.6) is 0 Å².